The minimum absolute atomic E-state index is 0.250. The predicted molar refractivity (Wildman–Crippen MR) is 111 cm³/mol. The molecule has 0 aromatic heterocycles. The Morgan fingerprint density at radius 1 is 1.00 bits per heavy atom. The second-order valence-corrected chi connectivity index (χ2v) is 7.05. The van der Waals surface area contributed by atoms with Gasteiger partial charge in [0.05, 0.1) is 6.61 Å². The molecule has 0 saturated heterocycles. The first-order valence-electron chi connectivity index (χ1n) is 9.28. The fourth-order valence-corrected chi connectivity index (χ4v) is 3.08. The summed E-state index contributed by atoms with van der Waals surface area (Å²) >= 11 is 12.5. The molecule has 0 fully saturated rings. The smallest absolute Gasteiger partial charge is 0.163 e. The van der Waals surface area contributed by atoms with Crippen molar-refractivity contribution in [2.75, 3.05) is 19.8 Å². The van der Waals surface area contributed by atoms with E-state index in [0.29, 0.717) is 41.3 Å². The van der Waals surface area contributed by atoms with Gasteiger partial charge < -0.3 is 19.9 Å². The molecule has 0 amide bonds. The van der Waals surface area contributed by atoms with Gasteiger partial charge in [-0.1, -0.05) is 35.3 Å². The van der Waals surface area contributed by atoms with E-state index < -0.39 is 0 Å². The quantitative estimate of drug-likeness (QED) is 0.469. The minimum atomic E-state index is 0.250. The summed E-state index contributed by atoms with van der Waals surface area (Å²) in [5.74, 6) is 1.30. The lowest BCUT2D eigenvalue weighted by Gasteiger charge is -2.15. The van der Waals surface area contributed by atoms with Crippen LogP contribution in [0, 0.1) is 0 Å². The third kappa shape index (κ3) is 7.59. The standard InChI is InChI=1S/C21H27Cl2NO3/c1-2-26-20-12-17(14-24-9-4-3-5-10-25)19(23)13-21(20)27-15-16-7-6-8-18(22)11-16/h6-8,11-13,24-25H,2-5,9-10,14-15H2,1H3. The highest BCUT2D eigenvalue weighted by Gasteiger charge is 2.11. The van der Waals surface area contributed by atoms with Crippen molar-refractivity contribution in [1.29, 1.82) is 0 Å². The van der Waals surface area contributed by atoms with Crippen molar-refractivity contribution in [3.8, 4) is 11.5 Å². The van der Waals surface area contributed by atoms with Crippen LogP contribution in [0.5, 0.6) is 11.5 Å². The SMILES string of the molecule is CCOc1cc(CNCCCCCO)c(Cl)cc1OCc1cccc(Cl)c1. The average molecular weight is 412 g/mol. The largest absolute Gasteiger partial charge is 0.490 e. The topological polar surface area (TPSA) is 50.7 Å². The number of halogens is 2. The number of benzene rings is 2. The summed E-state index contributed by atoms with van der Waals surface area (Å²) in [5, 5.41) is 13.5. The summed E-state index contributed by atoms with van der Waals surface area (Å²) in [6.45, 7) is 4.66. The number of ether oxygens (including phenoxy) is 2. The van der Waals surface area contributed by atoms with Gasteiger partial charge in [0.1, 0.15) is 6.61 Å². The fraction of sp³-hybridized carbons (Fsp3) is 0.429. The van der Waals surface area contributed by atoms with Crippen LogP contribution in [0.3, 0.4) is 0 Å². The maximum absolute atomic E-state index is 8.80. The summed E-state index contributed by atoms with van der Waals surface area (Å²) in [6, 6.07) is 11.3. The molecule has 0 aliphatic heterocycles. The number of rotatable bonds is 12. The van der Waals surface area contributed by atoms with Crippen molar-refractivity contribution in [1.82, 2.24) is 5.32 Å². The molecular weight excluding hydrogens is 385 g/mol. The monoisotopic (exact) mass is 411 g/mol. The number of aliphatic hydroxyl groups excluding tert-OH is 1. The van der Waals surface area contributed by atoms with Gasteiger partial charge in [-0.05, 0) is 62.1 Å². The molecule has 2 N–H and O–H groups in total. The Bertz CT molecular complexity index is 710. The molecule has 6 heteroatoms. The van der Waals surface area contributed by atoms with Crippen molar-refractivity contribution in [2.24, 2.45) is 0 Å². The van der Waals surface area contributed by atoms with E-state index in [1.54, 1.807) is 6.07 Å². The molecule has 2 aromatic rings. The Balaban J connectivity index is 1.99. The van der Waals surface area contributed by atoms with E-state index in [2.05, 4.69) is 5.32 Å². The van der Waals surface area contributed by atoms with Crippen molar-refractivity contribution in [3.63, 3.8) is 0 Å². The molecule has 0 heterocycles. The molecule has 27 heavy (non-hydrogen) atoms. The van der Waals surface area contributed by atoms with E-state index in [1.165, 1.54) is 0 Å². The first kappa shape index (κ1) is 21.8. The van der Waals surface area contributed by atoms with Gasteiger partial charge in [0.2, 0.25) is 0 Å². The molecule has 0 spiro atoms. The molecule has 0 unspecified atom stereocenters. The highest BCUT2D eigenvalue weighted by molar-refractivity contribution is 6.31. The lowest BCUT2D eigenvalue weighted by molar-refractivity contribution is 0.269. The molecule has 0 saturated carbocycles. The summed E-state index contributed by atoms with van der Waals surface area (Å²) in [5.41, 5.74) is 1.95. The molecule has 4 nitrogen and oxygen atoms in total. The fourth-order valence-electron chi connectivity index (χ4n) is 2.64. The zero-order chi connectivity index (χ0) is 19.5. The van der Waals surface area contributed by atoms with Crippen LogP contribution in [0.15, 0.2) is 36.4 Å². The van der Waals surface area contributed by atoms with E-state index in [-0.39, 0.29) is 6.61 Å². The Morgan fingerprint density at radius 3 is 2.56 bits per heavy atom. The van der Waals surface area contributed by atoms with E-state index in [0.717, 1.165) is 36.9 Å². The number of unbranched alkanes of at least 4 members (excludes halogenated alkanes) is 2. The summed E-state index contributed by atoms with van der Waals surface area (Å²) in [6.07, 6.45) is 2.88. The molecule has 2 rings (SSSR count). The van der Waals surface area contributed by atoms with Gasteiger partial charge in [0.15, 0.2) is 11.5 Å². The summed E-state index contributed by atoms with van der Waals surface area (Å²) < 4.78 is 11.7. The van der Waals surface area contributed by atoms with Crippen LogP contribution in [-0.4, -0.2) is 24.9 Å². The summed E-state index contributed by atoms with van der Waals surface area (Å²) in [7, 11) is 0. The van der Waals surface area contributed by atoms with Crippen molar-refractivity contribution in [2.45, 2.75) is 39.3 Å². The Labute approximate surface area is 171 Å². The molecule has 0 bridgehead atoms. The third-order valence-corrected chi connectivity index (χ3v) is 4.61. The second-order valence-electron chi connectivity index (χ2n) is 6.20. The first-order valence-corrected chi connectivity index (χ1v) is 10.0. The van der Waals surface area contributed by atoms with E-state index >= 15 is 0 Å². The Morgan fingerprint density at radius 2 is 1.81 bits per heavy atom. The van der Waals surface area contributed by atoms with Crippen molar-refractivity contribution >= 4 is 23.2 Å². The van der Waals surface area contributed by atoms with E-state index in [4.69, 9.17) is 37.8 Å². The maximum atomic E-state index is 8.80. The van der Waals surface area contributed by atoms with E-state index in [9.17, 15) is 0 Å². The van der Waals surface area contributed by atoms with Crippen LogP contribution >= 0.6 is 23.2 Å². The summed E-state index contributed by atoms with van der Waals surface area (Å²) in [4.78, 5) is 0. The second kappa shape index (κ2) is 12.1. The molecule has 0 radical (unpaired) electrons. The predicted octanol–water partition coefficient (Wildman–Crippen LogP) is 5.22. The number of hydrogen-bond donors (Lipinski definition) is 2. The molecule has 0 aliphatic rings. The van der Waals surface area contributed by atoms with Gasteiger partial charge in [-0.25, -0.2) is 0 Å². The number of nitrogens with one attached hydrogen (secondary N) is 1. The lowest BCUT2D eigenvalue weighted by atomic mass is 10.2. The molecule has 0 atom stereocenters. The Kier molecular flexibility index (Phi) is 9.78. The Hall–Kier alpha value is -1.46. The van der Waals surface area contributed by atoms with Gasteiger partial charge in [-0.3, -0.25) is 0 Å². The normalized spacial score (nSPS) is 10.8. The number of aliphatic hydroxyl groups is 1. The average Bonchev–Trinajstić information content (AvgIpc) is 2.65. The van der Waals surface area contributed by atoms with Crippen LogP contribution in [0.1, 0.15) is 37.3 Å². The van der Waals surface area contributed by atoms with Crippen LogP contribution < -0.4 is 14.8 Å². The highest BCUT2D eigenvalue weighted by atomic mass is 35.5. The van der Waals surface area contributed by atoms with Crippen LogP contribution in [-0.2, 0) is 13.2 Å². The third-order valence-electron chi connectivity index (χ3n) is 4.02. The van der Waals surface area contributed by atoms with Gasteiger partial charge in [0.25, 0.3) is 0 Å². The zero-order valence-corrected chi connectivity index (χ0v) is 17.2. The minimum Gasteiger partial charge on any atom is -0.490 e. The molecular formula is C21H27Cl2NO3. The van der Waals surface area contributed by atoms with Gasteiger partial charge in [-0.15, -0.1) is 0 Å². The lowest BCUT2D eigenvalue weighted by Crippen LogP contribution is -2.15. The molecule has 148 valence electrons. The van der Waals surface area contributed by atoms with Crippen molar-refractivity contribution in [3.05, 3.63) is 57.6 Å². The van der Waals surface area contributed by atoms with Crippen molar-refractivity contribution < 1.29 is 14.6 Å². The van der Waals surface area contributed by atoms with Crippen LogP contribution in [0.25, 0.3) is 0 Å². The van der Waals surface area contributed by atoms with E-state index in [1.807, 2.05) is 37.3 Å². The molecule has 2 aromatic carbocycles. The van der Waals surface area contributed by atoms with Gasteiger partial charge in [-0.2, -0.15) is 0 Å². The maximum Gasteiger partial charge on any atom is 0.163 e. The van der Waals surface area contributed by atoms with Crippen LogP contribution in [0.4, 0.5) is 0 Å². The van der Waals surface area contributed by atoms with Gasteiger partial charge in [0, 0.05) is 29.3 Å². The van der Waals surface area contributed by atoms with Gasteiger partial charge >= 0.3 is 0 Å². The van der Waals surface area contributed by atoms with Crippen LogP contribution in [0.2, 0.25) is 10.0 Å². The first-order chi connectivity index (χ1) is 13.1. The molecule has 0 aliphatic carbocycles. The highest BCUT2D eigenvalue weighted by Crippen LogP contribution is 2.34. The number of hydrogen-bond acceptors (Lipinski definition) is 4. The zero-order valence-electron chi connectivity index (χ0n) is 15.6.